The summed E-state index contributed by atoms with van der Waals surface area (Å²) >= 11 is 6.01. The standard InChI is InChI=1S/C16H19ClFN3O3/c17-11-2-1-3-12(18)15(11)13-10-14(24-20-13)16(22)19-4-5-21-6-8-23-9-7-21/h1-3,14H,4-10H2,(H,19,22)/t14-/m0/s1. The largest absolute Gasteiger partial charge is 0.382 e. The molecule has 6 nitrogen and oxygen atoms in total. The predicted molar refractivity (Wildman–Crippen MR) is 87.7 cm³/mol. The number of nitrogens with zero attached hydrogens (tertiary/aromatic N) is 2. The molecule has 1 aromatic carbocycles. The zero-order valence-electron chi connectivity index (χ0n) is 13.1. The summed E-state index contributed by atoms with van der Waals surface area (Å²) in [6.07, 6.45) is -0.551. The molecule has 1 fully saturated rings. The first-order valence-electron chi connectivity index (χ1n) is 7.90. The van der Waals surface area contributed by atoms with Gasteiger partial charge in [0.05, 0.1) is 29.5 Å². The zero-order valence-corrected chi connectivity index (χ0v) is 13.9. The quantitative estimate of drug-likeness (QED) is 0.867. The van der Waals surface area contributed by atoms with Crippen molar-refractivity contribution in [3.63, 3.8) is 0 Å². The smallest absolute Gasteiger partial charge is 0.264 e. The molecule has 1 amide bonds. The van der Waals surface area contributed by atoms with E-state index in [4.69, 9.17) is 21.2 Å². The number of oxime groups is 1. The number of ether oxygens (including phenoxy) is 1. The van der Waals surface area contributed by atoms with Gasteiger partial charge in [0.15, 0.2) is 0 Å². The molecule has 1 saturated heterocycles. The summed E-state index contributed by atoms with van der Waals surface area (Å²) in [5.41, 5.74) is 0.550. The van der Waals surface area contributed by atoms with Crippen molar-refractivity contribution in [3.8, 4) is 0 Å². The van der Waals surface area contributed by atoms with E-state index in [1.54, 1.807) is 6.07 Å². The highest BCUT2D eigenvalue weighted by Crippen LogP contribution is 2.25. The second-order valence-electron chi connectivity index (χ2n) is 5.68. The van der Waals surface area contributed by atoms with E-state index in [-0.39, 0.29) is 22.9 Å². The van der Waals surface area contributed by atoms with Crippen molar-refractivity contribution in [2.75, 3.05) is 39.4 Å². The molecule has 0 unspecified atom stereocenters. The monoisotopic (exact) mass is 355 g/mol. The van der Waals surface area contributed by atoms with Crippen LogP contribution in [0.1, 0.15) is 12.0 Å². The first kappa shape index (κ1) is 17.1. The van der Waals surface area contributed by atoms with E-state index in [2.05, 4.69) is 15.4 Å². The van der Waals surface area contributed by atoms with Crippen molar-refractivity contribution in [3.05, 3.63) is 34.6 Å². The topological polar surface area (TPSA) is 63.2 Å². The molecule has 8 heteroatoms. The second kappa shape index (κ2) is 7.92. The fraction of sp³-hybridized carbons (Fsp3) is 0.500. The maximum atomic E-state index is 13.9. The minimum absolute atomic E-state index is 0.197. The molecule has 2 aliphatic heterocycles. The number of nitrogens with one attached hydrogen (secondary N) is 1. The summed E-state index contributed by atoms with van der Waals surface area (Å²) in [6, 6.07) is 4.41. The summed E-state index contributed by atoms with van der Waals surface area (Å²) in [7, 11) is 0. The maximum absolute atomic E-state index is 13.9. The van der Waals surface area contributed by atoms with E-state index in [1.807, 2.05) is 0 Å². The van der Waals surface area contributed by atoms with E-state index >= 15 is 0 Å². The maximum Gasteiger partial charge on any atom is 0.264 e. The lowest BCUT2D eigenvalue weighted by molar-refractivity contribution is -0.131. The Labute approximate surface area is 144 Å². The van der Waals surface area contributed by atoms with Gasteiger partial charge in [-0.3, -0.25) is 9.69 Å². The molecule has 1 N–H and O–H groups in total. The molecule has 0 spiro atoms. The van der Waals surface area contributed by atoms with Crippen LogP contribution in [0.5, 0.6) is 0 Å². The highest BCUT2D eigenvalue weighted by Gasteiger charge is 2.31. The Bertz CT molecular complexity index is 615. The van der Waals surface area contributed by atoms with Crippen LogP contribution in [0, 0.1) is 5.82 Å². The van der Waals surface area contributed by atoms with Crippen LogP contribution in [0.4, 0.5) is 4.39 Å². The van der Waals surface area contributed by atoms with E-state index in [0.717, 1.165) is 32.8 Å². The average molecular weight is 356 g/mol. The predicted octanol–water partition coefficient (Wildman–Crippen LogP) is 1.42. The first-order chi connectivity index (χ1) is 11.6. The molecule has 0 aromatic heterocycles. The molecule has 1 aromatic rings. The van der Waals surface area contributed by atoms with E-state index in [1.165, 1.54) is 12.1 Å². The number of benzene rings is 1. The van der Waals surface area contributed by atoms with Crippen molar-refractivity contribution >= 4 is 23.2 Å². The van der Waals surface area contributed by atoms with Gasteiger partial charge in [0.2, 0.25) is 6.10 Å². The normalized spacial score (nSPS) is 21.2. The van der Waals surface area contributed by atoms with Gasteiger partial charge >= 0.3 is 0 Å². The molecular weight excluding hydrogens is 337 g/mol. The number of hydrogen-bond donors (Lipinski definition) is 1. The number of amides is 1. The third-order valence-corrected chi connectivity index (χ3v) is 4.36. The van der Waals surface area contributed by atoms with Crippen LogP contribution in [-0.4, -0.2) is 62.0 Å². The van der Waals surface area contributed by atoms with E-state index < -0.39 is 11.9 Å². The lowest BCUT2D eigenvalue weighted by atomic mass is 10.0. The number of hydrogen-bond acceptors (Lipinski definition) is 5. The van der Waals surface area contributed by atoms with Crippen LogP contribution < -0.4 is 5.32 Å². The van der Waals surface area contributed by atoms with Crippen molar-refractivity contribution in [2.45, 2.75) is 12.5 Å². The zero-order chi connectivity index (χ0) is 16.9. The van der Waals surface area contributed by atoms with Crippen LogP contribution in [0.25, 0.3) is 0 Å². The van der Waals surface area contributed by atoms with Gasteiger partial charge in [0, 0.05) is 32.6 Å². The van der Waals surface area contributed by atoms with Crippen LogP contribution in [-0.2, 0) is 14.4 Å². The van der Waals surface area contributed by atoms with Gasteiger partial charge in [0.25, 0.3) is 5.91 Å². The second-order valence-corrected chi connectivity index (χ2v) is 6.09. The van der Waals surface area contributed by atoms with Crippen molar-refractivity contribution in [1.29, 1.82) is 0 Å². The Balaban J connectivity index is 1.48. The van der Waals surface area contributed by atoms with Crippen LogP contribution >= 0.6 is 11.6 Å². The molecule has 0 radical (unpaired) electrons. The van der Waals surface area contributed by atoms with Crippen LogP contribution in [0.2, 0.25) is 5.02 Å². The molecule has 2 aliphatic rings. The molecule has 3 rings (SSSR count). The summed E-state index contributed by atoms with van der Waals surface area (Å²) in [5.74, 6) is -0.729. The molecular formula is C16H19ClFN3O3. The summed E-state index contributed by atoms with van der Waals surface area (Å²) < 4.78 is 19.2. The fourth-order valence-corrected chi connectivity index (χ4v) is 2.99. The SMILES string of the molecule is O=C(NCCN1CCOCC1)[C@@H]1CC(c2c(F)cccc2Cl)=NO1. The third-order valence-electron chi connectivity index (χ3n) is 4.04. The van der Waals surface area contributed by atoms with Crippen molar-refractivity contribution in [2.24, 2.45) is 5.16 Å². The number of morpholine rings is 1. The Morgan fingerprint density at radius 2 is 2.21 bits per heavy atom. The Kier molecular flexibility index (Phi) is 5.65. The first-order valence-corrected chi connectivity index (χ1v) is 8.28. The number of carbonyl (C=O) groups excluding carboxylic acids is 1. The summed E-state index contributed by atoms with van der Waals surface area (Å²) in [6.45, 7) is 4.47. The molecule has 2 heterocycles. The summed E-state index contributed by atoms with van der Waals surface area (Å²) in [4.78, 5) is 19.5. The van der Waals surface area contributed by atoms with Crippen molar-refractivity contribution < 1.29 is 18.8 Å². The van der Waals surface area contributed by atoms with Gasteiger partial charge in [0.1, 0.15) is 5.82 Å². The van der Waals surface area contributed by atoms with Crippen molar-refractivity contribution in [1.82, 2.24) is 10.2 Å². The minimum atomic E-state index is -0.750. The molecule has 1 atom stereocenters. The lowest BCUT2D eigenvalue weighted by Gasteiger charge is -2.26. The van der Waals surface area contributed by atoms with Crippen LogP contribution in [0.15, 0.2) is 23.4 Å². The lowest BCUT2D eigenvalue weighted by Crippen LogP contribution is -2.43. The molecule has 0 bridgehead atoms. The molecule has 24 heavy (non-hydrogen) atoms. The average Bonchev–Trinajstić information content (AvgIpc) is 3.05. The van der Waals surface area contributed by atoms with E-state index in [0.29, 0.717) is 12.3 Å². The highest BCUT2D eigenvalue weighted by molar-refractivity contribution is 6.34. The number of rotatable bonds is 5. The fourth-order valence-electron chi connectivity index (χ4n) is 2.71. The van der Waals surface area contributed by atoms with E-state index in [9.17, 15) is 9.18 Å². The van der Waals surface area contributed by atoms with Gasteiger partial charge in [-0.05, 0) is 12.1 Å². The number of carbonyl (C=O) groups is 1. The van der Waals surface area contributed by atoms with Gasteiger partial charge in [-0.25, -0.2) is 4.39 Å². The third kappa shape index (κ3) is 4.03. The van der Waals surface area contributed by atoms with Gasteiger partial charge < -0.3 is 14.9 Å². The summed E-state index contributed by atoms with van der Waals surface area (Å²) in [5, 5.41) is 6.91. The Morgan fingerprint density at radius 1 is 1.42 bits per heavy atom. The highest BCUT2D eigenvalue weighted by atomic mass is 35.5. The van der Waals surface area contributed by atoms with Gasteiger partial charge in [-0.2, -0.15) is 0 Å². The van der Waals surface area contributed by atoms with Crippen LogP contribution in [0.3, 0.4) is 0 Å². The molecule has 130 valence electrons. The Morgan fingerprint density at radius 3 is 2.96 bits per heavy atom. The molecule has 0 saturated carbocycles. The van der Waals surface area contributed by atoms with Gasteiger partial charge in [-0.1, -0.05) is 22.8 Å². The molecule has 0 aliphatic carbocycles. The minimum Gasteiger partial charge on any atom is -0.382 e. The number of halogens is 2. The van der Waals surface area contributed by atoms with Gasteiger partial charge in [-0.15, -0.1) is 0 Å². The Hall–Kier alpha value is -1.70.